The molecule has 1 N–H and O–H groups in total. The maximum absolute atomic E-state index is 13.3. The standard InChI is InChI=1S/C22H28N2O2S2/c1-22(2,3)14-8-9-15-17(13-14)28-20(23-19(25)16-7-6-12-27-16)18(15)21(26)24-10-4-5-11-24/h6-7,12,14H,4-5,8-11,13H2,1-3H3,(H,23,25). The maximum Gasteiger partial charge on any atom is 0.266 e. The third-order valence-corrected chi connectivity index (χ3v) is 8.11. The summed E-state index contributed by atoms with van der Waals surface area (Å²) in [5, 5.41) is 5.72. The first kappa shape index (κ1) is 19.6. The molecule has 3 heterocycles. The van der Waals surface area contributed by atoms with Crippen molar-refractivity contribution in [2.45, 2.75) is 52.9 Å². The average molecular weight is 417 g/mol. The fraction of sp³-hybridized carbons (Fsp3) is 0.545. The lowest BCUT2D eigenvalue weighted by Crippen LogP contribution is -2.30. The van der Waals surface area contributed by atoms with Gasteiger partial charge in [0.05, 0.1) is 10.4 Å². The van der Waals surface area contributed by atoms with Crippen molar-refractivity contribution in [1.82, 2.24) is 4.90 Å². The lowest BCUT2D eigenvalue weighted by atomic mass is 9.72. The van der Waals surface area contributed by atoms with Crippen LogP contribution < -0.4 is 5.32 Å². The number of nitrogens with one attached hydrogen (secondary N) is 1. The van der Waals surface area contributed by atoms with Gasteiger partial charge in [-0.05, 0) is 60.4 Å². The number of rotatable bonds is 3. The minimum absolute atomic E-state index is 0.102. The normalized spacial score (nSPS) is 19.5. The SMILES string of the molecule is CC(C)(C)C1CCc2c(sc(NC(=O)c3cccs3)c2C(=O)N2CCCC2)C1. The Bertz CT molecular complexity index is 871. The molecule has 2 aromatic heterocycles. The molecule has 0 radical (unpaired) electrons. The molecule has 2 amide bonds. The Kier molecular flexibility index (Phi) is 5.36. The van der Waals surface area contributed by atoms with Crippen LogP contribution in [0.5, 0.6) is 0 Å². The second kappa shape index (κ2) is 7.64. The van der Waals surface area contributed by atoms with E-state index in [9.17, 15) is 9.59 Å². The summed E-state index contributed by atoms with van der Waals surface area (Å²) in [6.07, 6.45) is 5.17. The number of carbonyl (C=O) groups is 2. The zero-order chi connectivity index (χ0) is 19.9. The van der Waals surface area contributed by atoms with Gasteiger partial charge in [0.15, 0.2) is 0 Å². The highest BCUT2D eigenvalue weighted by atomic mass is 32.1. The van der Waals surface area contributed by atoms with Gasteiger partial charge in [0.1, 0.15) is 5.00 Å². The van der Waals surface area contributed by atoms with Crippen LogP contribution in [-0.2, 0) is 12.8 Å². The fourth-order valence-corrected chi connectivity index (χ4v) is 6.22. The van der Waals surface area contributed by atoms with Crippen molar-refractivity contribution >= 4 is 39.5 Å². The van der Waals surface area contributed by atoms with E-state index in [0.717, 1.165) is 55.8 Å². The maximum atomic E-state index is 13.3. The zero-order valence-electron chi connectivity index (χ0n) is 16.8. The highest BCUT2D eigenvalue weighted by Gasteiger charge is 2.35. The van der Waals surface area contributed by atoms with E-state index in [1.807, 2.05) is 22.4 Å². The molecule has 1 unspecified atom stereocenters. The number of carbonyl (C=O) groups excluding carboxylic acids is 2. The molecule has 4 rings (SSSR count). The number of hydrogen-bond donors (Lipinski definition) is 1. The molecule has 0 saturated carbocycles. The van der Waals surface area contributed by atoms with Gasteiger partial charge in [0.2, 0.25) is 0 Å². The van der Waals surface area contributed by atoms with Crippen molar-refractivity contribution in [3.8, 4) is 0 Å². The summed E-state index contributed by atoms with van der Waals surface area (Å²) in [5.74, 6) is 0.594. The van der Waals surface area contributed by atoms with E-state index >= 15 is 0 Å². The Balaban J connectivity index is 1.69. The minimum Gasteiger partial charge on any atom is -0.339 e. The van der Waals surface area contributed by atoms with E-state index < -0.39 is 0 Å². The second-order valence-corrected chi connectivity index (χ2v) is 11.0. The smallest absolute Gasteiger partial charge is 0.266 e. The summed E-state index contributed by atoms with van der Waals surface area (Å²) in [5.41, 5.74) is 2.20. The molecule has 1 atom stereocenters. The second-order valence-electron chi connectivity index (χ2n) is 8.94. The lowest BCUT2D eigenvalue weighted by Gasteiger charge is -2.34. The van der Waals surface area contributed by atoms with Crippen molar-refractivity contribution in [1.29, 1.82) is 0 Å². The van der Waals surface area contributed by atoms with Crippen LogP contribution in [0.4, 0.5) is 5.00 Å². The molecule has 0 aromatic carbocycles. The Morgan fingerprint density at radius 3 is 2.61 bits per heavy atom. The van der Waals surface area contributed by atoms with E-state index in [0.29, 0.717) is 10.8 Å². The van der Waals surface area contributed by atoms with Crippen LogP contribution >= 0.6 is 22.7 Å². The van der Waals surface area contributed by atoms with Gasteiger partial charge in [-0.15, -0.1) is 22.7 Å². The van der Waals surface area contributed by atoms with Gasteiger partial charge in [-0.25, -0.2) is 0 Å². The molecule has 2 aromatic rings. The lowest BCUT2D eigenvalue weighted by molar-refractivity contribution is 0.0792. The van der Waals surface area contributed by atoms with E-state index in [4.69, 9.17) is 0 Å². The topological polar surface area (TPSA) is 49.4 Å². The third kappa shape index (κ3) is 3.77. The van der Waals surface area contributed by atoms with E-state index in [1.165, 1.54) is 21.8 Å². The molecule has 2 aliphatic rings. The summed E-state index contributed by atoms with van der Waals surface area (Å²) in [4.78, 5) is 29.9. The Morgan fingerprint density at radius 1 is 1.21 bits per heavy atom. The van der Waals surface area contributed by atoms with Crippen LogP contribution in [0.2, 0.25) is 0 Å². The van der Waals surface area contributed by atoms with Crippen LogP contribution in [0.1, 0.15) is 70.5 Å². The highest BCUT2D eigenvalue weighted by molar-refractivity contribution is 7.17. The number of anilines is 1. The zero-order valence-corrected chi connectivity index (χ0v) is 18.5. The van der Waals surface area contributed by atoms with Crippen LogP contribution in [0, 0.1) is 11.3 Å². The van der Waals surface area contributed by atoms with Crippen molar-refractivity contribution in [2.75, 3.05) is 18.4 Å². The van der Waals surface area contributed by atoms with Crippen molar-refractivity contribution in [3.05, 3.63) is 38.4 Å². The number of likely N-dealkylation sites (tertiary alicyclic amines) is 1. The average Bonchev–Trinajstić information content (AvgIpc) is 3.39. The van der Waals surface area contributed by atoms with Gasteiger partial charge in [-0.3, -0.25) is 9.59 Å². The number of hydrogen-bond acceptors (Lipinski definition) is 4. The van der Waals surface area contributed by atoms with Crippen molar-refractivity contribution < 1.29 is 9.59 Å². The van der Waals surface area contributed by atoms with E-state index in [2.05, 4.69) is 26.1 Å². The van der Waals surface area contributed by atoms with Crippen LogP contribution in [-0.4, -0.2) is 29.8 Å². The first-order valence-corrected chi connectivity index (χ1v) is 11.8. The molecule has 1 saturated heterocycles. The first-order chi connectivity index (χ1) is 13.3. The molecule has 0 bridgehead atoms. The summed E-state index contributed by atoms with van der Waals surface area (Å²) >= 11 is 3.05. The van der Waals surface area contributed by atoms with Gasteiger partial charge in [0, 0.05) is 18.0 Å². The minimum atomic E-state index is -0.114. The summed E-state index contributed by atoms with van der Waals surface area (Å²) in [7, 11) is 0. The number of amides is 2. The summed E-state index contributed by atoms with van der Waals surface area (Å²) < 4.78 is 0. The molecule has 1 aliphatic carbocycles. The fourth-order valence-electron chi connectivity index (χ4n) is 4.29. The Hall–Kier alpha value is -1.66. The first-order valence-electron chi connectivity index (χ1n) is 10.1. The molecule has 0 spiro atoms. The largest absolute Gasteiger partial charge is 0.339 e. The highest BCUT2D eigenvalue weighted by Crippen LogP contribution is 2.45. The molecular formula is C22H28N2O2S2. The monoisotopic (exact) mass is 416 g/mol. The van der Waals surface area contributed by atoms with E-state index in [1.54, 1.807) is 11.3 Å². The van der Waals surface area contributed by atoms with Gasteiger partial charge in [-0.2, -0.15) is 0 Å². The van der Waals surface area contributed by atoms with Gasteiger partial charge < -0.3 is 10.2 Å². The Morgan fingerprint density at radius 2 is 1.96 bits per heavy atom. The predicted octanol–water partition coefficient (Wildman–Crippen LogP) is 5.45. The van der Waals surface area contributed by atoms with Gasteiger partial charge in [-0.1, -0.05) is 26.8 Å². The van der Waals surface area contributed by atoms with Crippen LogP contribution in [0.25, 0.3) is 0 Å². The van der Waals surface area contributed by atoms with Crippen molar-refractivity contribution in [3.63, 3.8) is 0 Å². The quantitative estimate of drug-likeness (QED) is 0.723. The number of fused-ring (bicyclic) bond motifs is 1. The molecular weight excluding hydrogens is 388 g/mol. The molecule has 4 nitrogen and oxygen atoms in total. The predicted molar refractivity (Wildman–Crippen MR) is 117 cm³/mol. The summed E-state index contributed by atoms with van der Waals surface area (Å²) in [6, 6.07) is 3.70. The van der Waals surface area contributed by atoms with E-state index in [-0.39, 0.29) is 17.2 Å². The molecule has 28 heavy (non-hydrogen) atoms. The summed E-state index contributed by atoms with van der Waals surface area (Å²) in [6.45, 7) is 8.54. The van der Waals surface area contributed by atoms with Gasteiger partial charge >= 0.3 is 0 Å². The number of nitrogens with zero attached hydrogens (tertiary/aromatic N) is 1. The third-order valence-electron chi connectivity index (χ3n) is 6.07. The molecule has 150 valence electrons. The number of thiophene rings is 2. The molecule has 1 fully saturated rings. The van der Waals surface area contributed by atoms with Crippen LogP contribution in [0.15, 0.2) is 17.5 Å². The van der Waals surface area contributed by atoms with Crippen LogP contribution in [0.3, 0.4) is 0 Å². The molecule has 6 heteroatoms. The Labute approximate surface area is 174 Å². The molecule has 1 aliphatic heterocycles. The van der Waals surface area contributed by atoms with Gasteiger partial charge in [0.25, 0.3) is 11.8 Å². The van der Waals surface area contributed by atoms with Crippen molar-refractivity contribution in [2.24, 2.45) is 11.3 Å².